The van der Waals surface area contributed by atoms with Crippen LogP contribution in [0.5, 0.6) is 0 Å². The molecule has 1 N–H and O–H groups in total. The van der Waals surface area contributed by atoms with Crippen LogP contribution in [0.3, 0.4) is 0 Å². The predicted octanol–water partition coefficient (Wildman–Crippen LogP) is 9.39. The van der Waals surface area contributed by atoms with Crippen LogP contribution in [0.1, 0.15) is 139 Å². The van der Waals surface area contributed by atoms with E-state index < -0.39 is 36.4 Å². The van der Waals surface area contributed by atoms with Gasteiger partial charge < -0.3 is 19.5 Å². The standard InChI is InChI=1S/C39H59N3O6/c1-3-4-5-6-7-8-9-10-11-12-13-14-15-16-17-22-30-41-38(44)47-34-27-28-35(36(34)46-2)48-39(45)42(31-33-26-21-23-29-40-33)37(43)32-24-19-18-20-25-32/h18-21,23-26,29,34-36H,3-17,22,27-28,30-31H2,1-2H3,(H,41,44)/t34-,35+,36-/m0/s1. The first-order valence-corrected chi connectivity index (χ1v) is 18.5. The normalized spacial score (nSPS) is 17.2. The van der Waals surface area contributed by atoms with Crippen molar-refractivity contribution in [3.63, 3.8) is 0 Å². The van der Waals surface area contributed by atoms with Crippen molar-refractivity contribution in [1.29, 1.82) is 0 Å². The maximum Gasteiger partial charge on any atom is 0.417 e. The van der Waals surface area contributed by atoms with Crippen molar-refractivity contribution >= 4 is 18.1 Å². The predicted molar refractivity (Wildman–Crippen MR) is 189 cm³/mol. The highest BCUT2D eigenvalue weighted by Gasteiger charge is 2.42. The molecule has 1 saturated carbocycles. The molecule has 1 aliphatic carbocycles. The first kappa shape index (κ1) is 39.0. The average molecular weight is 666 g/mol. The van der Waals surface area contributed by atoms with E-state index in [0.717, 1.165) is 17.7 Å². The molecule has 3 atom stereocenters. The lowest BCUT2D eigenvalue weighted by atomic mass is 10.0. The highest BCUT2D eigenvalue weighted by molar-refractivity contribution is 6.02. The van der Waals surface area contributed by atoms with Gasteiger partial charge in [-0.3, -0.25) is 9.78 Å². The van der Waals surface area contributed by atoms with Crippen molar-refractivity contribution in [2.24, 2.45) is 0 Å². The minimum Gasteiger partial charge on any atom is -0.443 e. The molecule has 1 aromatic carbocycles. The molecular weight excluding hydrogens is 606 g/mol. The summed E-state index contributed by atoms with van der Waals surface area (Å²) in [5.74, 6) is -0.487. The molecule has 3 amide bonds. The number of nitrogens with zero attached hydrogens (tertiary/aromatic N) is 2. The number of alkyl carbamates (subject to hydrolysis) is 1. The van der Waals surface area contributed by atoms with Crippen molar-refractivity contribution in [2.75, 3.05) is 13.7 Å². The van der Waals surface area contributed by atoms with Crippen molar-refractivity contribution in [1.82, 2.24) is 15.2 Å². The van der Waals surface area contributed by atoms with Crippen LogP contribution in [0.25, 0.3) is 0 Å². The van der Waals surface area contributed by atoms with Crippen LogP contribution in [-0.4, -0.2) is 59.9 Å². The van der Waals surface area contributed by atoms with E-state index in [0.29, 0.717) is 30.6 Å². The van der Waals surface area contributed by atoms with Gasteiger partial charge >= 0.3 is 12.2 Å². The Balaban J connectivity index is 1.29. The van der Waals surface area contributed by atoms with E-state index in [1.165, 1.54) is 97.0 Å². The Bertz CT molecular complexity index is 1160. The number of amides is 3. The van der Waals surface area contributed by atoms with E-state index >= 15 is 0 Å². The van der Waals surface area contributed by atoms with Crippen molar-refractivity contribution in [3.05, 3.63) is 66.0 Å². The first-order chi connectivity index (χ1) is 23.5. The van der Waals surface area contributed by atoms with Crippen LogP contribution in [0.2, 0.25) is 0 Å². The third-order valence-electron chi connectivity index (χ3n) is 9.08. The maximum absolute atomic E-state index is 13.4. The number of hydrogen-bond donors (Lipinski definition) is 1. The fraction of sp³-hybridized carbons (Fsp3) is 0.641. The van der Waals surface area contributed by atoms with Crippen LogP contribution < -0.4 is 5.32 Å². The summed E-state index contributed by atoms with van der Waals surface area (Å²) in [6, 6.07) is 13.9. The Kier molecular flexibility index (Phi) is 19.3. The number of pyridine rings is 1. The van der Waals surface area contributed by atoms with Gasteiger partial charge in [0.2, 0.25) is 0 Å². The molecule has 9 heteroatoms. The van der Waals surface area contributed by atoms with Crippen LogP contribution in [0.4, 0.5) is 9.59 Å². The summed E-state index contributed by atoms with van der Waals surface area (Å²) in [5, 5.41) is 2.85. The second-order valence-corrected chi connectivity index (χ2v) is 13.0. The largest absolute Gasteiger partial charge is 0.443 e. The highest BCUT2D eigenvalue weighted by Crippen LogP contribution is 2.29. The Labute approximate surface area is 288 Å². The van der Waals surface area contributed by atoms with Crippen LogP contribution >= 0.6 is 0 Å². The average Bonchev–Trinajstić information content (AvgIpc) is 3.49. The van der Waals surface area contributed by atoms with Crippen LogP contribution in [-0.2, 0) is 20.8 Å². The number of imide groups is 1. The van der Waals surface area contributed by atoms with Gasteiger partial charge in [-0.05, 0) is 43.5 Å². The summed E-state index contributed by atoms with van der Waals surface area (Å²) < 4.78 is 17.1. The molecule has 0 aliphatic heterocycles. The van der Waals surface area contributed by atoms with Crippen molar-refractivity contribution in [3.8, 4) is 0 Å². The zero-order valence-electron chi connectivity index (χ0n) is 29.4. The fourth-order valence-electron chi connectivity index (χ4n) is 6.30. The summed E-state index contributed by atoms with van der Waals surface area (Å²) in [5.41, 5.74) is 0.915. The Morgan fingerprint density at radius 1 is 0.729 bits per heavy atom. The molecule has 1 fully saturated rings. The Hall–Kier alpha value is -3.46. The summed E-state index contributed by atoms with van der Waals surface area (Å²) in [4.78, 5) is 44.5. The molecule has 0 bridgehead atoms. The lowest BCUT2D eigenvalue weighted by Crippen LogP contribution is -2.43. The first-order valence-electron chi connectivity index (χ1n) is 18.5. The van der Waals surface area contributed by atoms with Crippen LogP contribution in [0.15, 0.2) is 54.7 Å². The second-order valence-electron chi connectivity index (χ2n) is 13.0. The molecule has 9 nitrogen and oxygen atoms in total. The van der Waals surface area contributed by atoms with E-state index in [-0.39, 0.29) is 6.54 Å². The zero-order chi connectivity index (χ0) is 34.2. The number of nitrogens with one attached hydrogen (secondary N) is 1. The number of aromatic nitrogens is 1. The number of unbranched alkanes of at least 4 members (excludes halogenated alkanes) is 15. The number of ether oxygens (including phenoxy) is 3. The van der Waals surface area contributed by atoms with E-state index in [9.17, 15) is 14.4 Å². The molecule has 1 heterocycles. The molecule has 0 saturated heterocycles. The molecule has 2 aromatic rings. The summed E-state index contributed by atoms with van der Waals surface area (Å²) >= 11 is 0. The maximum atomic E-state index is 13.4. The molecule has 0 spiro atoms. The molecule has 266 valence electrons. The molecule has 1 aromatic heterocycles. The fourth-order valence-corrected chi connectivity index (χ4v) is 6.30. The molecule has 0 unspecified atom stereocenters. The van der Waals surface area contributed by atoms with Gasteiger partial charge in [-0.2, -0.15) is 0 Å². The van der Waals surface area contributed by atoms with Gasteiger partial charge in [0.1, 0.15) is 18.3 Å². The lowest BCUT2D eigenvalue weighted by molar-refractivity contribution is -0.0590. The van der Waals surface area contributed by atoms with Crippen molar-refractivity contribution in [2.45, 2.75) is 147 Å². The monoisotopic (exact) mass is 665 g/mol. The lowest BCUT2D eigenvalue weighted by Gasteiger charge is -2.26. The number of methoxy groups -OCH3 is 1. The quantitative estimate of drug-likeness (QED) is 0.118. The Morgan fingerprint density at radius 3 is 1.81 bits per heavy atom. The Morgan fingerprint density at radius 2 is 1.27 bits per heavy atom. The smallest absolute Gasteiger partial charge is 0.417 e. The number of carbonyl (C=O) groups excluding carboxylic acids is 3. The number of rotatable bonds is 23. The van der Waals surface area contributed by atoms with E-state index in [1.54, 1.807) is 54.7 Å². The SMILES string of the molecule is CCCCCCCCCCCCCCCCCCNC(=O)O[C@H]1CC[C@@H](OC(=O)N(Cc2ccccn2)C(=O)c2ccccc2)[C@H]1OC. The molecular formula is C39H59N3O6. The summed E-state index contributed by atoms with van der Waals surface area (Å²) in [7, 11) is 1.50. The topological polar surface area (TPSA) is 107 Å². The number of hydrogen-bond acceptors (Lipinski definition) is 7. The molecule has 1 aliphatic rings. The third kappa shape index (κ3) is 14.8. The molecule has 0 radical (unpaired) electrons. The summed E-state index contributed by atoms with van der Waals surface area (Å²) in [6.45, 7) is 2.79. The van der Waals surface area contributed by atoms with Crippen LogP contribution in [0, 0.1) is 0 Å². The van der Waals surface area contributed by atoms with Gasteiger partial charge in [-0.25, -0.2) is 14.5 Å². The minimum absolute atomic E-state index is 0.0422. The van der Waals surface area contributed by atoms with Gasteiger partial charge in [-0.1, -0.05) is 128 Å². The van der Waals surface area contributed by atoms with Gasteiger partial charge in [0.15, 0.2) is 0 Å². The van der Waals surface area contributed by atoms with E-state index in [4.69, 9.17) is 14.2 Å². The van der Waals surface area contributed by atoms with Crippen molar-refractivity contribution < 1.29 is 28.6 Å². The van der Waals surface area contributed by atoms with Gasteiger partial charge in [0.25, 0.3) is 5.91 Å². The van der Waals surface area contributed by atoms with Gasteiger partial charge in [0.05, 0.1) is 12.2 Å². The third-order valence-corrected chi connectivity index (χ3v) is 9.08. The zero-order valence-corrected chi connectivity index (χ0v) is 29.4. The van der Waals surface area contributed by atoms with E-state index in [2.05, 4.69) is 17.2 Å². The molecule has 3 rings (SSSR count). The molecule has 48 heavy (non-hydrogen) atoms. The second kappa shape index (κ2) is 23.8. The van der Waals surface area contributed by atoms with Gasteiger partial charge in [0, 0.05) is 25.4 Å². The minimum atomic E-state index is -0.796. The summed E-state index contributed by atoms with van der Waals surface area (Å²) in [6.07, 6.45) is 20.2. The van der Waals surface area contributed by atoms with E-state index in [1.807, 2.05) is 0 Å². The number of benzene rings is 1. The number of carbonyl (C=O) groups is 3. The van der Waals surface area contributed by atoms with Gasteiger partial charge in [-0.15, -0.1) is 0 Å². The highest BCUT2D eigenvalue weighted by atomic mass is 16.6.